The standard InChI is InChI=1S/C14H24N4O2/c1-16(2)9-12-7-13(19)10-17(12)5-6-18-8-11(15)3-4-14(18)20/h3-4,8,12-13,19H,5-7,9-10,15H2,1-2H3. The number of nitrogens with zero attached hydrogens (tertiary/aromatic N) is 3. The molecule has 0 bridgehead atoms. The lowest BCUT2D eigenvalue weighted by Crippen LogP contribution is -2.40. The smallest absolute Gasteiger partial charge is 0.250 e. The van der Waals surface area contributed by atoms with Crippen molar-refractivity contribution in [2.24, 2.45) is 0 Å². The van der Waals surface area contributed by atoms with Crippen molar-refractivity contribution in [3.05, 3.63) is 28.7 Å². The van der Waals surface area contributed by atoms with Crippen LogP contribution in [0.5, 0.6) is 0 Å². The highest BCUT2D eigenvalue weighted by molar-refractivity contribution is 5.33. The van der Waals surface area contributed by atoms with Crippen molar-refractivity contribution in [2.75, 3.05) is 39.5 Å². The number of pyridine rings is 1. The number of nitrogens with two attached hydrogens (primary N) is 1. The second-order valence-electron chi connectivity index (χ2n) is 5.79. The Labute approximate surface area is 119 Å². The lowest BCUT2D eigenvalue weighted by Gasteiger charge is -2.26. The van der Waals surface area contributed by atoms with Gasteiger partial charge in [-0.05, 0) is 26.6 Å². The summed E-state index contributed by atoms with van der Waals surface area (Å²) < 4.78 is 1.63. The zero-order valence-electron chi connectivity index (χ0n) is 12.2. The maximum absolute atomic E-state index is 11.7. The number of rotatable bonds is 5. The van der Waals surface area contributed by atoms with Crippen LogP contribution in [0.1, 0.15) is 6.42 Å². The summed E-state index contributed by atoms with van der Waals surface area (Å²) in [5.41, 5.74) is 6.26. The summed E-state index contributed by atoms with van der Waals surface area (Å²) >= 11 is 0. The largest absolute Gasteiger partial charge is 0.398 e. The molecule has 6 nitrogen and oxygen atoms in total. The number of likely N-dealkylation sites (N-methyl/N-ethyl adjacent to an activating group) is 1. The Kier molecular flexibility index (Phi) is 4.80. The summed E-state index contributed by atoms with van der Waals surface area (Å²) in [4.78, 5) is 16.1. The van der Waals surface area contributed by atoms with Gasteiger partial charge in [-0.1, -0.05) is 0 Å². The van der Waals surface area contributed by atoms with Gasteiger partial charge in [-0.15, -0.1) is 0 Å². The number of nitrogen functional groups attached to an aromatic ring is 1. The fourth-order valence-corrected chi connectivity index (χ4v) is 2.80. The molecule has 2 rings (SSSR count). The van der Waals surface area contributed by atoms with Crippen molar-refractivity contribution in [1.82, 2.24) is 14.4 Å². The first kappa shape index (κ1) is 15.0. The third-order valence-electron chi connectivity index (χ3n) is 3.72. The Hall–Kier alpha value is -1.37. The predicted molar refractivity (Wildman–Crippen MR) is 79.7 cm³/mol. The minimum Gasteiger partial charge on any atom is -0.398 e. The highest BCUT2D eigenvalue weighted by atomic mass is 16.3. The zero-order chi connectivity index (χ0) is 14.7. The first-order valence-electron chi connectivity index (χ1n) is 6.98. The molecular weight excluding hydrogens is 256 g/mol. The van der Waals surface area contributed by atoms with Crippen molar-refractivity contribution < 1.29 is 5.11 Å². The molecule has 1 saturated heterocycles. The molecule has 1 aliphatic rings. The van der Waals surface area contributed by atoms with Crippen LogP contribution in [-0.2, 0) is 6.54 Å². The Morgan fingerprint density at radius 2 is 2.15 bits per heavy atom. The van der Waals surface area contributed by atoms with Gasteiger partial charge in [0.15, 0.2) is 0 Å². The van der Waals surface area contributed by atoms with Crippen LogP contribution in [-0.4, -0.2) is 65.3 Å². The van der Waals surface area contributed by atoms with E-state index in [-0.39, 0.29) is 11.7 Å². The van der Waals surface area contributed by atoms with Gasteiger partial charge < -0.3 is 20.3 Å². The number of hydrogen-bond donors (Lipinski definition) is 2. The van der Waals surface area contributed by atoms with E-state index in [9.17, 15) is 9.90 Å². The van der Waals surface area contributed by atoms with Crippen LogP contribution in [0, 0.1) is 0 Å². The molecule has 112 valence electrons. The Balaban J connectivity index is 1.98. The normalized spacial score (nSPS) is 23.6. The van der Waals surface area contributed by atoms with E-state index in [4.69, 9.17) is 5.73 Å². The molecule has 1 aromatic rings. The Morgan fingerprint density at radius 1 is 1.40 bits per heavy atom. The lowest BCUT2D eigenvalue weighted by molar-refractivity contribution is 0.170. The van der Waals surface area contributed by atoms with Crippen molar-refractivity contribution in [3.63, 3.8) is 0 Å². The molecular formula is C14H24N4O2. The summed E-state index contributed by atoms with van der Waals surface area (Å²) in [6.45, 7) is 2.94. The van der Waals surface area contributed by atoms with Gasteiger partial charge in [0.05, 0.1) is 6.10 Å². The van der Waals surface area contributed by atoms with Crippen LogP contribution in [0.3, 0.4) is 0 Å². The number of aliphatic hydroxyl groups is 1. The topological polar surface area (TPSA) is 74.7 Å². The molecule has 1 fully saturated rings. The summed E-state index contributed by atoms with van der Waals surface area (Å²) in [6, 6.07) is 3.45. The average Bonchev–Trinajstić information content (AvgIpc) is 2.70. The fraction of sp³-hybridized carbons (Fsp3) is 0.643. The number of anilines is 1. The van der Waals surface area contributed by atoms with Crippen LogP contribution in [0.25, 0.3) is 0 Å². The molecule has 6 heteroatoms. The number of aromatic nitrogens is 1. The van der Waals surface area contributed by atoms with Crippen molar-refractivity contribution in [1.29, 1.82) is 0 Å². The van der Waals surface area contributed by atoms with E-state index >= 15 is 0 Å². The Bertz CT molecular complexity index is 500. The van der Waals surface area contributed by atoms with E-state index in [0.717, 1.165) is 19.5 Å². The summed E-state index contributed by atoms with van der Waals surface area (Å²) in [7, 11) is 4.07. The molecule has 0 aliphatic carbocycles. The zero-order valence-corrected chi connectivity index (χ0v) is 12.2. The van der Waals surface area contributed by atoms with Gasteiger partial charge in [0.1, 0.15) is 0 Å². The molecule has 0 aromatic carbocycles. The highest BCUT2D eigenvalue weighted by Gasteiger charge is 2.30. The van der Waals surface area contributed by atoms with Crippen molar-refractivity contribution >= 4 is 5.69 Å². The van der Waals surface area contributed by atoms with E-state index in [0.29, 0.717) is 24.8 Å². The molecule has 1 aromatic heterocycles. The third-order valence-corrected chi connectivity index (χ3v) is 3.72. The van der Waals surface area contributed by atoms with Crippen molar-refractivity contribution in [2.45, 2.75) is 25.1 Å². The van der Waals surface area contributed by atoms with Gasteiger partial charge in [-0.3, -0.25) is 9.69 Å². The van der Waals surface area contributed by atoms with Crippen LogP contribution in [0.4, 0.5) is 5.69 Å². The van der Waals surface area contributed by atoms with E-state index in [2.05, 4.69) is 9.80 Å². The minimum atomic E-state index is -0.266. The maximum Gasteiger partial charge on any atom is 0.250 e. The van der Waals surface area contributed by atoms with Gasteiger partial charge >= 0.3 is 0 Å². The molecule has 2 heterocycles. The van der Waals surface area contributed by atoms with Gasteiger partial charge in [0, 0.05) is 50.2 Å². The lowest BCUT2D eigenvalue weighted by atomic mass is 10.2. The molecule has 0 amide bonds. The molecule has 1 aliphatic heterocycles. The average molecular weight is 280 g/mol. The molecule has 0 spiro atoms. The summed E-state index contributed by atoms with van der Waals surface area (Å²) in [6.07, 6.45) is 2.21. The maximum atomic E-state index is 11.7. The van der Waals surface area contributed by atoms with Crippen LogP contribution < -0.4 is 11.3 Å². The number of hydrogen-bond acceptors (Lipinski definition) is 5. The highest BCUT2D eigenvalue weighted by Crippen LogP contribution is 2.18. The van der Waals surface area contributed by atoms with E-state index in [1.165, 1.54) is 6.07 Å². The third kappa shape index (κ3) is 3.82. The Morgan fingerprint density at radius 3 is 2.85 bits per heavy atom. The number of likely N-dealkylation sites (tertiary alicyclic amines) is 1. The molecule has 0 radical (unpaired) electrons. The van der Waals surface area contributed by atoms with E-state index in [1.54, 1.807) is 16.8 Å². The minimum absolute atomic E-state index is 0.0388. The first-order chi connectivity index (χ1) is 9.45. The fourth-order valence-electron chi connectivity index (χ4n) is 2.80. The van der Waals surface area contributed by atoms with E-state index in [1.807, 2.05) is 14.1 Å². The quantitative estimate of drug-likeness (QED) is 0.755. The predicted octanol–water partition coefficient (Wildman–Crippen LogP) is -0.573. The number of β-amino-alcohol motifs (C(OH)–C–C–N with tert-alkyl or cyclic N) is 1. The van der Waals surface area contributed by atoms with Crippen molar-refractivity contribution in [3.8, 4) is 0 Å². The molecule has 3 N–H and O–H groups in total. The van der Waals surface area contributed by atoms with Gasteiger partial charge in [0.25, 0.3) is 5.56 Å². The molecule has 2 unspecified atom stereocenters. The number of aliphatic hydroxyl groups excluding tert-OH is 1. The summed E-state index contributed by atoms with van der Waals surface area (Å²) in [5.74, 6) is 0. The molecule has 2 atom stereocenters. The monoisotopic (exact) mass is 280 g/mol. The van der Waals surface area contributed by atoms with E-state index < -0.39 is 0 Å². The van der Waals surface area contributed by atoms with Gasteiger partial charge in [-0.2, -0.15) is 0 Å². The van der Waals surface area contributed by atoms with Crippen LogP contribution in [0.15, 0.2) is 23.1 Å². The SMILES string of the molecule is CN(C)CC1CC(O)CN1CCn1cc(N)ccc1=O. The first-order valence-corrected chi connectivity index (χ1v) is 6.98. The second kappa shape index (κ2) is 6.39. The van der Waals surface area contributed by atoms with Gasteiger partial charge in [-0.25, -0.2) is 0 Å². The summed E-state index contributed by atoms with van der Waals surface area (Å²) in [5, 5.41) is 9.83. The van der Waals surface area contributed by atoms with Crippen LogP contribution in [0.2, 0.25) is 0 Å². The second-order valence-corrected chi connectivity index (χ2v) is 5.79. The van der Waals surface area contributed by atoms with Crippen LogP contribution >= 0.6 is 0 Å². The van der Waals surface area contributed by atoms with Gasteiger partial charge in [0.2, 0.25) is 0 Å². The molecule has 20 heavy (non-hydrogen) atoms. The molecule has 0 saturated carbocycles.